The summed E-state index contributed by atoms with van der Waals surface area (Å²) in [7, 11) is 0. The Hall–Kier alpha value is -5.74. The molecule has 0 unspecified atom stereocenters. The monoisotopic (exact) mass is 874 g/mol. The van der Waals surface area contributed by atoms with Gasteiger partial charge in [0.1, 0.15) is 0 Å². The van der Waals surface area contributed by atoms with Crippen LogP contribution in [0.25, 0.3) is 66.1 Å². The summed E-state index contributed by atoms with van der Waals surface area (Å²) in [6.07, 6.45) is 0. The van der Waals surface area contributed by atoms with Crippen molar-refractivity contribution in [2.24, 2.45) is 0 Å². The lowest BCUT2D eigenvalue weighted by molar-refractivity contribution is 0.569. The molecule has 2 heterocycles. The van der Waals surface area contributed by atoms with Gasteiger partial charge in [0.05, 0.1) is 0 Å². The van der Waals surface area contributed by atoms with Gasteiger partial charge < -0.3 is 0 Å². The Labute approximate surface area is 395 Å². The summed E-state index contributed by atoms with van der Waals surface area (Å²) in [4.78, 5) is 5.45. The second-order valence-corrected chi connectivity index (χ2v) is 23.5. The standard InChI is InChI=1S/C62H55BS2/c1-60(2,3)44-27-28-52-54(37-44)65-56-35-42(34-55-59(56)63(52)51-25-17-18-26-53(51)64-55)40-29-39(41-32-45(61(4,5)6)36-46(33-41)62(7,8)9)30-43(31-40)58-49-23-15-13-21-47(49)57(38-19-11-10-12-20-38)48-22-14-16-24-50(48)58/h10-37H,1-9H3. The summed E-state index contributed by atoms with van der Waals surface area (Å²) in [5.74, 6) is 0. The SMILES string of the molecule is CC(C)(C)c1cc(-c2cc(-c3cc4c5c(c3)Sc3cc(C(C)(C)C)ccc3B5c3ccccc3S4)cc(-c3c4ccccc4c(-c4ccccc4)c4ccccc34)c2)cc(C(C)(C)C)c1. The third-order valence-corrected chi connectivity index (χ3v) is 16.1. The van der Waals surface area contributed by atoms with Gasteiger partial charge in [-0.25, -0.2) is 0 Å². The van der Waals surface area contributed by atoms with E-state index in [4.69, 9.17) is 0 Å². The topological polar surface area (TPSA) is 0 Å². The summed E-state index contributed by atoms with van der Waals surface area (Å²) >= 11 is 3.90. The van der Waals surface area contributed by atoms with Gasteiger partial charge in [-0.2, -0.15) is 0 Å². The van der Waals surface area contributed by atoms with E-state index in [1.807, 2.05) is 23.5 Å². The molecular formula is C62H55BS2. The van der Waals surface area contributed by atoms with Crippen LogP contribution in [0.3, 0.4) is 0 Å². The quantitative estimate of drug-likeness (QED) is 0.128. The Morgan fingerprint density at radius 3 is 1.29 bits per heavy atom. The fourth-order valence-corrected chi connectivity index (χ4v) is 12.7. The van der Waals surface area contributed by atoms with Crippen molar-refractivity contribution in [3.05, 3.63) is 187 Å². The van der Waals surface area contributed by atoms with Crippen molar-refractivity contribution >= 4 is 68.2 Å². The Morgan fingerprint density at radius 2 is 0.738 bits per heavy atom. The first-order valence-corrected chi connectivity index (χ1v) is 24.8. The van der Waals surface area contributed by atoms with Crippen LogP contribution in [0.2, 0.25) is 0 Å². The molecule has 65 heavy (non-hydrogen) atoms. The first kappa shape index (κ1) is 41.9. The van der Waals surface area contributed by atoms with Gasteiger partial charge in [0.2, 0.25) is 6.71 Å². The minimum Gasteiger partial charge on any atom is -0.0911 e. The molecule has 2 aliphatic heterocycles. The third kappa shape index (κ3) is 7.36. The number of hydrogen-bond acceptors (Lipinski definition) is 2. The molecule has 0 aliphatic carbocycles. The number of fused-ring (bicyclic) bond motifs is 6. The van der Waals surface area contributed by atoms with Gasteiger partial charge in [0, 0.05) is 19.6 Å². The Morgan fingerprint density at radius 1 is 0.308 bits per heavy atom. The van der Waals surface area contributed by atoms with Crippen molar-refractivity contribution < 1.29 is 0 Å². The second-order valence-electron chi connectivity index (χ2n) is 21.4. The molecule has 0 saturated heterocycles. The Bertz CT molecular complexity index is 3280. The van der Waals surface area contributed by atoms with Crippen LogP contribution >= 0.6 is 23.5 Å². The van der Waals surface area contributed by atoms with E-state index < -0.39 is 0 Å². The highest BCUT2D eigenvalue weighted by atomic mass is 32.2. The van der Waals surface area contributed by atoms with E-state index in [0.717, 1.165) is 0 Å². The highest BCUT2D eigenvalue weighted by Crippen LogP contribution is 2.48. The molecular weight excluding hydrogens is 820 g/mol. The van der Waals surface area contributed by atoms with Crippen LogP contribution in [0.5, 0.6) is 0 Å². The van der Waals surface area contributed by atoms with Crippen molar-refractivity contribution in [2.45, 2.75) is 98.1 Å². The van der Waals surface area contributed by atoms with Gasteiger partial charge in [0.25, 0.3) is 0 Å². The van der Waals surface area contributed by atoms with Crippen molar-refractivity contribution in [3.8, 4) is 44.5 Å². The molecule has 0 bridgehead atoms. The smallest absolute Gasteiger partial charge is 0.0911 e. The molecule has 318 valence electrons. The molecule has 3 heteroatoms. The normalized spacial score (nSPS) is 13.5. The van der Waals surface area contributed by atoms with Crippen LogP contribution in [0.4, 0.5) is 0 Å². The molecule has 2 aliphatic rings. The predicted octanol–water partition coefficient (Wildman–Crippen LogP) is 16.0. The summed E-state index contributed by atoms with van der Waals surface area (Å²) < 4.78 is 0. The zero-order valence-electron chi connectivity index (χ0n) is 39.1. The number of benzene rings is 9. The Kier molecular flexibility index (Phi) is 9.96. The lowest BCUT2D eigenvalue weighted by atomic mass is 9.36. The first-order valence-electron chi connectivity index (χ1n) is 23.2. The fraction of sp³-hybridized carbons (Fsp3) is 0.194. The summed E-state index contributed by atoms with van der Waals surface area (Å²) in [5.41, 5.74) is 18.5. The maximum absolute atomic E-state index is 2.52. The zero-order valence-corrected chi connectivity index (χ0v) is 40.7. The van der Waals surface area contributed by atoms with Gasteiger partial charge in [0.15, 0.2) is 0 Å². The van der Waals surface area contributed by atoms with Crippen LogP contribution < -0.4 is 16.4 Å². The van der Waals surface area contributed by atoms with E-state index >= 15 is 0 Å². The van der Waals surface area contributed by atoms with Gasteiger partial charge >= 0.3 is 0 Å². The van der Waals surface area contributed by atoms with Crippen molar-refractivity contribution in [1.29, 1.82) is 0 Å². The number of hydrogen-bond donors (Lipinski definition) is 0. The molecule has 9 aromatic carbocycles. The molecule has 0 nitrogen and oxygen atoms in total. The average molecular weight is 875 g/mol. The molecule has 0 saturated carbocycles. The van der Waals surface area contributed by atoms with Gasteiger partial charge in [-0.3, -0.25) is 0 Å². The molecule has 0 spiro atoms. The second kappa shape index (κ2) is 15.4. The maximum atomic E-state index is 2.52. The van der Waals surface area contributed by atoms with Crippen molar-refractivity contribution in [3.63, 3.8) is 0 Å². The van der Waals surface area contributed by atoms with E-state index in [1.165, 1.54) is 119 Å². The summed E-state index contributed by atoms with van der Waals surface area (Å²) in [5, 5.41) is 5.08. The zero-order chi connectivity index (χ0) is 45.0. The predicted molar refractivity (Wildman–Crippen MR) is 285 cm³/mol. The first-order chi connectivity index (χ1) is 31.1. The largest absolute Gasteiger partial charge is 0.247 e. The minimum atomic E-state index is -0.0122. The van der Waals surface area contributed by atoms with E-state index in [0.29, 0.717) is 0 Å². The van der Waals surface area contributed by atoms with Crippen LogP contribution in [0, 0.1) is 0 Å². The summed E-state index contributed by atoms with van der Waals surface area (Å²) in [6.45, 7) is 21.2. The molecule has 0 atom stereocenters. The molecule has 0 radical (unpaired) electrons. The molecule has 0 N–H and O–H groups in total. The van der Waals surface area contributed by atoms with Crippen LogP contribution in [-0.4, -0.2) is 6.71 Å². The van der Waals surface area contributed by atoms with Crippen LogP contribution in [-0.2, 0) is 16.2 Å². The molecule has 9 aromatic rings. The summed E-state index contributed by atoms with van der Waals surface area (Å²) in [6, 6.07) is 65.3. The van der Waals surface area contributed by atoms with E-state index in [9.17, 15) is 0 Å². The maximum Gasteiger partial charge on any atom is 0.247 e. The van der Waals surface area contributed by atoms with Crippen molar-refractivity contribution in [2.75, 3.05) is 0 Å². The lowest BCUT2D eigenvalue weighted by Gasteiger charge is -2.34. The minimum absolute atomic E-state index is 0.0122. The van der Waals surface area contributed by atoms with E-state index in [1.54, 1.807) is 0 Å². The highest BCUT2D eigenvalue weighted by Gasteiger charge is 2.39. The molecule has 0 amide bonds. The van der Waals surface area contributed by atoms with Gasteiger partial charge in [-0.15, -0.1) is 0 Å². The van der Waals surface area contributed by atoms with Crippen LogP contribution in [0.15, 0.2) is 189 Å². The average Bonchev–Trinajstić information content (AvgIpc) is 3.29. The van der Waals surface area contributed by atoms with E-state index in [-0.39, 0.29) is 23.0 Å². The molecule has 11 rings (SSSR count). The molecule has 0 fully saturated rings. The van der Waals surface area contributed by atoms with Crippen molar-refractivity contribution in [1.82, 2.24) is 0 Å². The Balaban J connectivity index is 1.20. The van der Waals surface area contributed by atoms with Crippen LogP contribution in [0.1, 0.15) is 79.0 Å². The lowest BCUT2D eigenvalue weighted by Crippen LogP contribution is -2.58. The fourth-order valence-electron chi connectivity index (χ4n) is 10.2. The highest BCUT2D eigenvalue weighted by molar-refractivity contribution is 8.01. The van der Waals surface area contributed by atoms with E-state index in [2.05, 4.69) is 232 Å². The van der Waals surface area contributed by atoms with Gasteiger partial charge in [-0.05, 0) is 147 Å². The van der Waals surface area contributed by atoms with Gasteiger partial charge in [-0.1, -0.05) is 224 Å². The number of rotatable bonds is 4. The molecule has 0 aromatic heterocycles. The third-order valence-electron chi connectivity index (χ3n) is 13.8.